The van der Waals surface area contributed by atoms with Crippen LogP contribution in [0.1, 0.15) is 31.9 Å². The first-order chi connectivity index (χ1) is 6.24. The van der Waals surface area contributed by atoms with Crippen molar-refractivity contribution >= 4 is 0 Å². The zero-order chi connectivity index (χ0) is 9.68. The van der Waals surface area contributed by atoms with Crippen LogP contribution in [0.2, 0.25) is 0 Å². The molecule has 1 aromatic rings. The van der Waals surface area contributed by atoms with Crippen LogP contribution in [0.25, 0.3) is 0 Å². The molecule has 1 aromatic heterocycles. The molecule has 3 heteroatoms. The molecule has 3 nitrogen and oxygen atoms in total. The largest absolute Gasteiger partial charge is 0.393 e. The van der Waals surface area contributed by atoms with E-state index in [9.17, 15) is 5.11 Å². The minimum atomic E-state index is -0.143. The lowest BCUT2D eigenvalue weighted by Crippen LogP contribution is -2.08. The maximum Gasteiger partial charge on any atom is 0.0538 e. The van der Waals surface area contributed by atoms with Gasteiger partial charge in [-0.3, -0.25) is 4.68 Å². The molecule has 0 aliphatic heterocycles. The first-order valence-corrected chi connectivity index (χ1v) is 4.90. The van der Waals surface area contributed by atoms with Gasteiger partial charge in [0, 0.05) is 18.4 Å². The predicted molar refractivity (Wildman–Crippen MR) is 52.5 cm³/mol. The Morgan fingerprint density at radius 3 is 2.92 bits per heavy atom. The Labute approximate surface area is 79.4 Å². The minimum absolute atomic E-state index is 0.143. The molecular weight excluding hydrogens is 164 g/mol. The van der Waals surface area contributed by atoms with Gasteiger partial charge in [0.1, 0.15) is 0 Å². The van der Waals surface area contributed by atoms with Gasteiger partial charge in [-0.15, -0.1) is 0 Å². The lowest BCUT2D eigenvalue weighted by Gasteiger charge is -2.07. The molecule has 0 amide bonds. The molecule has 0 spiro atoms. The number of aliphatic hydroxyl groups is 1. The summed E-state index contributed by atoms with van der Waals surface area (Å²) < 4.78 is 1.97. The van der Waals surface area contributed by atoms with Crippen molar-refractivity contribution in [3.05, 3.63) is 18.0 Å². The molecule has 1 N–H and O–H groups in total. The number of aliphatic hydroxyl groups excluding tert-OH is 1. The molecule has 0 fully saturated rings. The molecule has 74 valence electrons. The van der Waals surface area contributed by atoms with Gasteiger partial charge in [-0.05, 0) is 32.3 Å². The summed E-state index contributed by atoms with van der Waals surface area (Å²) in [5.74, 6) is 0. The van der Waals surface area contributed by atoms with E-state index in [1.807, 2.05) is 30.8 Å². The van der Waals surface area contributed by atoms with Crippen molar-refractivity contribution in [1.29, 1.82) is 0 Å². The van der Waals surface area contributed by atoms with Gasteiger partial charge in [-0.2, -0.15) is 5.10 Å². The van der Waals surface area contributed by atoms with E-state index in [0.717, 1.165) is 25.8 Å². The second-order valence-electron chi connectivity index (χ2n) is 3.40. The van der Waals surface area contributed by atoms with Crippen LogP contribution in [0.15, 0.2) is 12.3 Å². The van der Waals surface area contributed by atoms with E-state index in [0.29, 0.717) is 0 Å². The van der Waals surface area contributed by atoms with E-state index in [1.54, 1.807) is 0 Å². The standard InChI is InChI=1S/C10H18N2O/c1-3-10(13)5-4-8-12-9(2)6-7-11-12/h6-7,10,13H,3-5,8H2,1-2H3. The monoisotopic (exact) mass is 182 g/mol. The number of aryl methyl sites for hydroxylation is 2. The number of aromatic nitrogens is 2. The van der Waals surface area contributed by atoms with E-state index >= 15 is 0 Å². The topological polar surface area (TPSA) is 38.0 Å². The Bertz CT molecular complexity index is 245. The van der Waals surface area contributed by atoms with Gasteiger partial charge in [0.15, 0.2) is 0 Å². The van der Waals surface area contributed by atoms with Crippen LogP contribution in [0, 0.1) is 6.92 Å². The van der Waals surface area contributed by atoms with Crippen molar-refractivity contribution in [2.24, 2.45) is 0 Å². The molecule has 0 aromatic carbocycles. The van der Waals surface area contributed by atoms with E-state index in [1.165, 1.54) is 5.69 Å². The van der Waals surface area contributed by atoms with Gasteiger partial charge in [-0.25, -0.2) is 0 Å². The molecular formula is C10H18N2O. The van der Waals surface area contributed by atoms with E-state index in [4.69, 9.17) is 0 Å². The lowest BCUT2D eigenvalue weighted by molar-refractivity contribution is 0.155. The van der Waals surface area contributed by atoms with E-state index in [-0.39, 0.29) is 6.10 Å². The molecule has 1 atom stereocenters. The molecule has 0 bridgehead atoms. The zero-order valence-electron chi connectivity index (χ0n) is 8.40. The summed E-state index contributed by atoms with van der Waals surface area (Å²) in [5.41, 5.74) is 1.19. The summed E-state index contributed by atoms with van der Waals surface area (Å²) in [6, 6.07) is 2.00. The van der Waals surface area contributed by atoms with Crippen molar-refractivity contribution in [2.75, 3.05) is 0 Å². The highest BCUT2D eigenvalue weighted by molar-refractivity contribution is 4.96. The second kappa shape index (κ2) is 5.02. The zero-order valence-corrected chi connectivity index (χ0v) is 8.40. The highest BCUT2D eigenvalue weighted by atomic mass is 16.3. The first kappa shape index (κ1) is 10.3. The summed E-state index contributed by atoms with van der Waals surface area (Å²) in [7, 11) is 0. The molecule has 1 unspecified atom stereocenters. The second-order valence-corrected chi connectivity index (χ2v) is 3.40. The van der Waals surface area contributed by atoms with Gasteiger partial charge in [0.05, 0.1) is 6.10 Å². The summed E-state index contributed by atoms with van der Waals surface area (Å²) in [4.78, 5) is 0. The molecule has 0 saturated heterocycles. The molecule has 0 saturated carbocycles. The van der Waals surface area contributed by atoms with Crippen LogP contribution in [0.4, 0.5) is 0 Å². The Morgan fingerprint density at radius 2 is 2.38 bits per heavy atom. The van der Waals surface area contributed by atoms with Crippen LogP contribution in [0.5, 0.6) is 0 Å². The Hall–Kier alpha value is -0.830. The molecule has 13 heavy (non-hydrogen) atoms. The van der Waals surface area contributed by atoms with Gasteiger partial charge in [0.25, 0.3) is 0 Å². The fourth-order valence-electron chi connectivity index (χ4n) is 1.31. The van der Waals surface area contributed by atoms with Crippen LogP contribution < -0.4 is 0 Å². The molecule has 0 aliphatic rings. The molecule has 0 radical (unpaired) electrons. The van der Waals surface area contributed by atoms with Crippen LogP contribution >= 0.6 is 0 Å². The highest BCUT2D eigenvalue weighted by Crippen LogP contribution is 2.04. The van der Waals surface area contributed by atoms with Gasteiger partial charge < -0.3 is 5.11 Å². The molecule has 1 rings (SSSR count). The lowest BCUT2D eigenvalue weighted by atomic mass is 10.1. The van der Waals surface area contributed by atoms with Crippen molar-refractivity contribution in [1.82, 2.24) is 9.78 Å². The first-order valence-electron chi connectivity index (χ1n) is 4.90. The predicted octanol–water partition coefficient (Wildman–Crippen LogP) is 1.74. The Morgan fingerprint density at radius 1 is 1.62 bits per heavy atom. The smallest absolute Gasteiger partial charge is 0.0538 e. The average molecular weight is 182 g/mol. The third-order valence-corrected chi connectivity index (χ3v) is 2.31. The van der Waals surface area contributed by atoms with E-state index < -0.39 is 0 Å². The number of rotatable bonds is 5. The van der Waals surface area contributed by atoms with Crippen LogP contribution in [-0.4, -0.2) is 21.0 Å². The third-order valence-electron chi connectivity index (χ3n) is 2.31. The highest BCUT2D eigenvalue weighted by Gasteiger charge is 2.01. The number of hydrogen-bond donors (Lipinski definition) is 1. The average Bonchev–Trinajstić information content (AvgIpc) is 2.52. The van der Waals surface area contributed by atoms with Gasteiger partial charge in [0.2, 0.25) is 0 Å². The van der Waals surface area contributed by atoms with Gasteiger partial charge in [-0.1, -0.05) is 6.92 Å². The van der Waals surface area contributed by atoms with Crippen molar-refractivity contribution < 1.29 is 5.11 Å². The summed E-state index contributed by atoms with van der Waals surface area (Å²) in [5, 5.41) is 13.5. The van der Waals surface area contributed by atoms with Crippen molar-refractivity contribution in [3.8, 4) is 0 Å². The summed E-state index contributed by atoms with van der Waals surface area (Å²) >= 11 is 0. The number of hydrogen-bond acceptors (Lipinski definition) is 2. The Balaban J connectivity index is 2.24. The van der Waals surface area contributed by atoms with Crippen LogP contribution in [0.3, 0.4) is 0 Å². The maximum atomic E-state index is 9.33. The number of nitrogens with zero attached hydrogens (tertiary/aromatic N) is 2. The van der Waals surface area contributed by atoms with Crippen LogP contribution in [-0.2, 0) is 6.54 Å². The Kier molecular flexibility index (Phi) is 3.96. The summed E-state index contributed by atoms with van der Waals surface area (Å²) in [6.07, 6.45) is 4.38. The fraction of sp³-hybridized carbons (Fsp3) is 0.700. The maximum absolute atomic E-state index is 9.33. The molecule has 0 aliphatic carbocycles. The molecule has 1 heterocycles. The third kappa shape index (κ3) is 3.19. The van der Waals surface area contributed by atoms with Crippen molar-refractivity contribution in [3.63, 3.8) is 0 Å². The quantitative estimate of drug-likeness (QED) is 0.753. The summed E-state index contributed by atoms with van der Waals surface area (Å²) in [6.45, 7) is 4.96. The normalized spacial score (nSPS) is 13.2. The van der Waals surface area contributed by atoms with Crippen molar-refractivity contribution in [2.45, 2.75) is 45.8 Å². The SMILES string of the molecule is CCC(O)CCCn1nccc1C. The van der Waals surface area contributed by atoms with Gasteiger partial charge >= 0.3 is 0 Å². The van der Waals surface area contributed by atoms with E-state index in [2.05, 4.69) is 5.10 Å². The minimum Gasteiger partial charge on any atom is -0.393 e. The fourth-order valence-corrected chi connectivity index (χ4v) is 1.31.